The molecule has 0 radical (unpaired) electrons. The lowest BCUT2D eigenvalue weighted by Crippen LogP contribution is -2.34. The Morgan fingerprint density at radius 1 is 1.00 bits per heavy atom. The first-order valence-electron chi connectivity index (χ1n) is 9.89. The molecule has 0 amide bonds. The van der Waals surface area contributed by atoms with E-state index in [1.807, 2.05) is 18.5 Å². The van der Waals surface area contributed by atoms with Gasteiger partial charge < -0.3 is 0 Å². The van der Waals surface area contributed by atoms with Gasteiger partial charge in [-0.2, -0.15) is 0 Å². The number of nitrogens with zero attached hydrogens (tertiary/aromatic N) is 3. The number of rotatable bonds is 5. The van der Waals surface area contributed by atoms with Crippen molar-refractivity contribution in [1.82, 2.24) is 14.9 Å². The molecule has 0 unspecified atom stereocenters. The summed E-state index contributed by atoms with van der Waals surface area (Å²) in [4.78, 5) is 11.7. The van der Waals surface area contributed by atoms with Crippen LogP contribution in [0.3, 0.4) is 0 Å². The van der Waals surface area contributed by atoms with Crippen molar-refractivity contribution < 1.29 is 0 Å². The van der Waals surface area contributed by atoms with Crippen molar-refractivity contribution in [3.63, 3.8) is 0 Å². The van der Waals surface area contributed by atoms with Crippen molar-refractivity contribution in [2.24, 2.45) is 0 Å². The first-order chi connectivity index (χ1) is 13.3. The van der Waals surface area contributed by atoms with E-state index in [-0.39, 0.29) is 0 Å². The average Bonchev–Trinajstić information content (AvgIpc) is 2.69. The zero-order chi connectivity index (χ0) is 18.5. The zero-order valence-electron chi connectivity index (χ0n) is 16.0. The first kappa shape index (κ1) is 17.9. The second-order valence-corrected chi connectivity index (χ2v) is 7.64. The van der Waals surface area contributed by atoms with Crippen molar-refractivity contribution in [2.75, 3.05) is 13.1 Å². The fourth-order valence-corrected chi connectivity index (χ4v) is 4.10. The van der Waals surface area contributed by atoms with Crippen molar-refractivity contribution in [3.05, 3.63) is 95.1 Å². The monoisotopic (exact) mass is 357 g/mol. The standard InChI is InChI=1S/C24H27N3/c1-19-13-22(14-20-7-3-2-4-8-20)15-24(26-19)23-10-6-12-27(18-23)17-21-9-5-11-25-16-21/h2-5,7-9,11,13,15-16,23H,6,10,12,14,17-18H2,1H3/t23-/m1/s1. The van der Waals surface area contributed by atoms with E-state index in [1.165, 1.54) is 35.2 Å². The summed E-state index contributed by atoms with van der Waals surface area (Å²) in [6.07, 6.45) is 7.25. The molecule has 3 nitrogen and oxygen atoms in total. The Morgan fingerprint density at radius 2 is 1.85 bits per heavy atom. The van der Waals surface area contributed by atoms with Crippen LogP contribution < -0.4 is 0 Å². The third-order valence-corrected chi connectivity index (χ3v) is 5.34. The largest absolute Gasteiger partial charge is 0.298 e. The quantitative estimate of drug-likeness (QED) is 0.659. The molecule has 1 atom stereocenters. The topological polar surface area (TPSA) is 29.0 Å². The van der Waals surface area contributed by atoms with Gasteiger partial charge in [0.25, 0.3) is 0 Å². The summed E-state index contributed by atoms with van der Waals surface area (Å²) in [5, 5.41) is 0. The second-order valence-electron chi connectivity index (χ2n) is 7.64. The predicted octanol–water partition coefficient (Wildman–Crippen LogP) is 4.76. The number of hydrogen-bond acceptors (Lipinski definition) is 3. The Bertz CT molecular complexity index is 861. The molecule has 4 rings (SSSR count). The molecule has 138 valence electrons. The number of pyridine rings is 2. The highest BCUT2D eigenvalue weighted by atomic mass is 15.1. The lowest BCUT2D eigenvalue weighted by atomic mass is 9.92. The highest BCUT2D eigenvalue weighted by molar-refractivity contribution is 5.30. The van der Waals surface area contributed by atoms with Gasteiger partial charge in [-0.05, 0) is 67.6 Å². The summed E-state index contributed by atoms with van der Waals surface area (Å²) < 4.78 is 0. The van der Waals surface area contributed by atoms with E-state index < -0.39 is 0 Å². The number of aromatic nitrogens is 2. The third-order valence-electron chi connectivity index (χ3n) is 5.34. The van der Waals surface area contributed by atoms with E-state index >= 15 is 0 Å². The van der Waals surface area contributed by atoms with Crippen LogP contribution in [0.15, 0.2) is 67.0 Å². The Balaban J connectivity index is 1.48. The minimum atomic E-state index is 0.518. The van der Waals surface area contributed by atoms with Crippen LogP contribution in [0, 0.1) is 6.92 Å². The van der Waals surface area contributed by atoms with Crippen LogP contribution in [0.4, 0.5) is 0 Å². The molecule has 1 fully saturated rings. The average molecular weight is 358 g/mol. The molecule has 1 saturated heterocycles. The van der Waals surface area contributed by atoms with Crippen molar-refractivity contribution in [3.8, 4) is 0 Å². The minimum absolute atomic E-state index is 0.518. The van der Waals surface area contributed by atoms with Gasteiger partial charge in [0, 0.05) is 42.8 Å². The highest BCUT2D eigenvalue weighted by Crippen LogP contribution is 2.28. The summed E-state index contributed by atoms with van der Waals surface area (Å²) in [5.74, 6) is 0.518. The Morgan fingerprint density at radius 3 is 2.67 bits per heavy atom. The third kappa shape index (κ3) is 4.81. The molecule has 3 heteroatoms. The van der Waals surface area contributed by atoms with E-state index in [0.29, 0.717) is 5.92 Å². The number of piperidine rings is 1. The zero-order valence-corrected chi connectivity index (χ0v) is 16.0. The molecule has 2 aromatic heterocycles. The SMILES string of the molecule is Cc1cc(Cc2ccccc2)cc([C@@H]2CCCN(Cc3cccnc3)C2)n1. The Hall–Kier alpha value is -2.52. The fourth-order valence-electron chi connectivity index (χ4n) is 4.10. The van der Waals surface area contributed by atoms with Gasteiger partial charge in [0.2, 0.25) is 0 Å². The smallest absolute Gasteiger partial charge is 0.0453 e. The number of aryl methyl sites for hydroxylation is 1. The van der Waals surface area contributed by atoms with Crippen LogP contribution in [0.25, 0.3) is 0 Å². The maximum absolute atomic E-state index is 4.90. The van der Waals surface area contributed by atoms with Crippen LogP contribution in [-0.2, 0) is 13.0 Å². The maximum Gasteiger partial charge on any atom is 0.0453 e. The van der Waals surface area contributed by atoms with Gasteiger partial charge in [0.15, 0.2) is 0 Å². The van der Waals surface area contributed by atoms with Crippen LogP contribution >= 0.6 is 0 Å². The van der Waals surface area contributed by atoms with E-state index in [9.17, 15) is 0 Å². The van der Waals surface area contributed by atoms with Gasteiger partial charge >= 0.3 is 0 Å². The van der Waals surface area contributed by atoms with Crippen LogP contribution in [-0.4, -0.2) is 28.0 Å². The summed E-state index contributed by atoms with van der Waals surface area (Å²) in [5.41, 5.74) is 6.41. The van der Waals surface area contributed by atoms with Crippen molar-refractivity contribution in [1.29, 1.82) is 0 Å². The molecule has 3 aromatic rings. The van der Waals surface area contributed by atoms with Gasteiger partial charge in [-0.15, -0.1) is 0 Å². The van der Waals surface area contributed by atoms with Crippen LogP contribution in [0.1, 0.15) is 46.8 Å². The number of benzene rings is 1. The van der Waals surface area contributed by atoms with E-state index in [2.05, 4.69) is 65.3 Å². The Kier molecular flexibility index (Phi) is 5.59. The van der Waals surface area contributed by atoms with Crippen molar-refractivity contribution in [2.45, 2.75) is 38.6 Å². The molecular formula is C24H27N3. The summed E-state index contributed by atoms with van der Waals surface area (Å²) in [6.45, 7) is 5.34. The molecule has 1 aromatic carbocycles. The van der Waals surface area contributed by atoms with Crippen molar-refractivity contribution >= 4 is 0 Å². The number of hydrogen-bond donors (Lipinski definition) is 0. The molecule has 3 heterocycles. The summed E-state index contributed by atoms with van der Waals surface area (Å²) >= 11 is 0. The summed E-state index contributed by atoms with van der Waals surface area (Å²) in [6, 6.07) is 19.5. The van der Waals surface area contributed by atoms with Gasteiger partial charge in [-0.25, -0.2) is 0 Å². The van der Waals surface area contributed by atoms with Gasteiger partial charge in [0.05, 0.1) is 0 Å². The molecule has 1 aliphatic rings. The molecular weight excluding hydrogens is 330 g/mol. The lowest BCUT2D eigenvalue weighted by Gasteiger charge is -2.32. The summed E-state index contributed by atoms with van der Waals surface area (Å²) in [7, 11) is 0. The molecule has 0 N–H and O–H groups in total. The van der Waals surface area contributed by atoms with Crippen LogP contribution in [0.2, 0.25) is 0 Å². The molecule has 0 saturated carbocycles. The van der Waals surface area contributed by atoms with E-state index in [0.717, 1.165) is 31.7 Å². The molecule has 0 spiro atoms. The highest BCUT2D eigenvalue weighted by Gasteiger charge is 2.23. The van der Waals surface area contributed by atoms with Crippen LogP contribution in [0.5, 0.6) is 0 Å². The first-order valence-corrected chi connectivity index (χ1v) is 9.89. The maximum atomic E-state index is 4.90. The van der Waals surface area contributed by atoms with E-state index in [4.69, 9.17) is 4.98 Å². The molecule has 1 aliphatic heterocycles. The molecule has 0 aliphatic carbocycles. The van der Waals surface area contributed by atoms with Gasteiger partial charge in [0.1, 0.15) is 0 Å². The fraction of sp³-hybridized carbons (Fsp3) is 0.333. The molecule has 27 heavy (non-hydrogen) atoms. The lowest BCUT2D eigenvalue weighted by molar-refractivity contribution is 0.198. The molecule has 0 bridgehead atoms. The van der Waals surface area contributed by atoms with Gasteiger partial charge in [-0.3, -0.25) is 14.9 Å². The van der Waals surface area contributed by atoms with Gasteiger partial charge in [-0.1, -0.05) is 36.4 Å². The van der Waals surface area contributed by atoms with E-state index in [1.54, 1.807) is 0 Å². The predicted molar refractivity (Wildman–Crippen MR) is 110 cm³/mol. The Labute approximate surface area is 162 Å². The normalized spacial score (nSPS) is 17.7. The minimum Gasteiger partial charge on any atom is -0.298 e. The number of likely N-dealkylation sites (tertiary alicyclic amines) is 1. The second kappa shape index (κ2) is 8.45.